The molecule has 1 unspecified atom stereocenters. The van der Waals surface area contributed by atoms with Crippen LogP contribution < -0.4 is 5.43 Å². The minimum absolute atomic E-state index is 0.307. The van der Waals surface area contributed by atoms with Gasteiger partial charge in [0.2, 0.25) is 0 Å². The maximum atomic E-state index is 11.6. The van der Waals surface area contributed by atoms with Crippen LogP contribution >= 0.6 is 0 Å². The zero-order valence-corrected chi connectivity index (χ0v) is 11.4. The standard InChI is InChI=1S/C11H22N2O4/c1-7-16-9(14)8(2)12-13(6)10(15)17-11(3,4)5/h8,12H,7H2,1-6H3. The third-order valence-corrected chi connectivity index (χ3v) is 1.69. The summed E-state index contributed by atoms with van der Waals surface area (Å²) in [5.41, 5.74) is 2.10. The van der Waals surface area contributed by atoms with E-state index in [-0.39, 0.29) is 0 Å². The molecular formula is C11H22N2O4. The van der Waals surface area contributed by atoms with Crippen LogP contribution in [0, 0.1) is 0 Å². The van der Waals surface area contributed by atoms with Crippen molar-refractivity contribution in [2.75, 3.05) is 13.7 Å². The van der Waals surface area contributed by atoms with Gasteiger partial charge in [0.1, 0.15) is 11.6 Å². The van der Waals surface area contributed by atoms with Crippen molar-refractivity contribution in [2.24, 2.45) is 0 Å². The van der Waals surface area contributed by atoms with E-state index >= 15 is 0 Å². The Morgan fingerprint density at radius 2 is 1.88 bits per heavy atom. The van der Waals surface area contributed by atoms with Gasteiger partial charge in [0.05, 0.1) is 6.61 Å². The topological polar surface area (TPSA) is 67.9 Å². The second kappa shape index (κ2) is 6.44. The van der Waals surface area contributed by atoms with E-state index in [1.54, 1.807) is 34.6 Å². The van der Waals surface area contributed by atoms with Crippen molar-refractivity contribution in [2.45, 2.75) is 46.3 Å². The van der Waals surface area contributed by atoms with Crippen LogP contribution in [-0.4, -0.2) is 42.4 Å². The molecule has 0 aromatic carbocycles. The van der Waals surface area contributed by atoms with Gasteiger partial charge in [0.25, 0.3) is 0 Å². The molecule has 1 N–H and O–H groups in total. The van der Waals surface area contributed by atoms with Crippen LogP contribution in [0.3, 0.4) is 0 Å². The number of hydrazine groups is 1. The molecule has 0 saturated heterocycles. The van der Waals surface area contributed by atoms with Crippen LogP contribution in [0.5, 0.6) is 0 Å². The molecule has 1 atom stereocenters. The summed E-state index contributed by atoms with van der Waals surface area (Å²) in [6.07, 6.45) is -0.548. The highest BCUT2D eigenvalue weighted by molar-refractivity contribution is 5.76. The van der Waals surface area contributed by atoms with E-state index in [1.807, 2.05) is 0 Å². The zero-order chi connectivity index (χ0) is 13.6. The lowest BCUT2D eigenvalue weighted by Crippen LogP contribution is -2.49. The fraction of sp³-hybridized carbons (Fsp3) is 0.818. The summed E-state index contributed by atoms with van der Waals surface area (Å²) in [4.78, 5) is 22.9. The van der Waals surface area contributed by atoms with E-state index in [2.05, 4.69) is 5.43 Å². The minimum Gasteiger partial charge on any atom is -0.465 e. The van der Waals surface area contributed by atoms with Crippen molar-refractivity contribution in [1.82, 2.24) is 10.4 Å². The zero-order valence-electron chi connectivity index (χ0n) is 11.4. The van der Waals surface area contributed by atoms with Crippen molar-refractivity contribution in [3.05, 3.63) is 0 Å². The van der Waals surface area contributed by atoms with Gasteiger partial charge in [-0.2, -0.15) is 0 Å². The molecule has 0 aromatic heterocycles. The molecule has 0 rings (SSSR count). The lowest BCUT2D eigenvalue weighted by atomic mass is 10.2. The average molecular weight is 246 g/mol. The Labute approximate surface area is 102 Å². The molecule has 0 aromatic rings. The van der Waals surface area contributed by atoms with E-state index in [9.17, 15) is 9.59 Å². The summed E-state index contributed by atoms with van der Waals surface area (Å²) in [5, 5.41) is 1.13. The third-order valence-electron chi connectivity index (χ3n) is 1.69. The summed E-state index contributed by atoms with van der Waals surface area (Å²) in [6.45, 7) is 8.95. The molecule has 0 saturated carbocycles. The first-order valence-corrected chi connectivity index (χ1v) is 5.57. The predicted molar refractivity (Wildman–Crippen MR) is 63.2 cm³/mol. The fourth-order valence-corrected chi connectivity index (χ4v) is 0.994. The number of nitrogens with zero attached hydrogens (tertiary/aromatic N) is 1. The molecule has 17 heavy (non-hydrogen) atoms. The van der Waals surface area contributed by atoms with E-state index in [4.69, 9.17) is 9.47 Å². The normalized spacial score (nSPS) is 12.8. The van der Waals surface area contributed by atoms with Gasteiger partial charge >= 0.3 is 12.1 Å². The van der Waals surface area contributed by atoms with E-state index in [0.29, 0.717) is 6.61 Å². The Hall–Kier alpha value is -1.30. The Kier molecular flexibility index (Phi) is 5.95. The largest absolute Gasteiger partial charge is 0.465 e. The molecule has 6 nitrogen and oxygen atoms in total. The lowest BCUT2D eigenvalue weighted by molar-refractivity contribution is -0.146. The van der Waals surface area contributed by atoms with Gasteiger partial charge in [0.15, 0.2) is 0 Å². The third kappa shape index (κ3) is 6.78. The van der Waals surface area contributed by atoms with Crippen molar-refractivity contribution in [1.29, 1.82) is 0 Å². The number of hydrogen-bond donors (Lipinski definition) is 1. The molecule has 0 aliphatic heterocycles. The number of esters is 1. The lowest BCUT2D eigenvalue weighted by Gasteiger charge is -2.26. The van der Waals surface area contributed by atoms with Gasteiger partial charge in [-0.05, 0) is 34.6 Å². The van der Waals surface area contributed by atoms with Crippen LogP contribution in [0.1, 0.15) is 34.6 Å². The molecule has 0 fully saturated rings. The number of ether oxygens (including phenoxy) is 2. The van der Waals surface area contributed by atoms with Crippen LogP contribution in [0.15, 0.2) is 0 Å². The number of rotatable bonds is 4. The van der Waals surface area contributed by atoms with Crippen LogP contribution in [0.4, 0.5) is 4.79 Å². The van der Waals surface area contributed by atoms with E-state index in [0.717, 1.165) is 5.01 Å². The summed E-state index contributed by atoms with van der Waals surface area (Å²) >= 11 is 0. The number of amides is 1. The Morgan fingerprint density at radius 3 is 2.29 bits per heavy atom. The van der Waals surface area contributed by atoms with Crippen molar-refractivity contribution in [3.8, 4) is 0 Å². The molecule has 0 spiro atoms. The van der Waals surface area contributed by atoms with Gasteiger partial charge in [-0.3, -0.25) is 4.79 Å². The summed E-state index contributed by atoms with van der Waals surface area (Å²) < 4.78 is 9.92. The van der Waals surface area contributed by atoms with Gasteiger partial charge < -0.3 is 9.47 Å². The summed E-state index contributed by atoms with van der Waals surface area (Å²) in [7, 11) is 1.49. The predicted octanol–water partition coefficient (Wildman–Crippen LogP) is 1.31. The van der Waals surface area contributed by atoms with Crippen LogP contribution in [0.25, 0.3) is 0 Å². The monoisotopic (exact) mass is 246 g/mol. The van der Waals surface area contributed by atoms with E-state index < -0.39 is 23.7 Å². The molecule has 0 bridgehead atoms. The van der Waals surface area contributed by atoms with Gasteiger partial charge in [-0.25, -0.2) is 15.2 Å². The SMILES string of the molecule is CCOC(=O)C(C)NN(C)C(=O)OC(C)(C)C. The molecular weight excluding hydrogens is 224 g/mol. The van der Waals surface area contributed by atoms with Crippen LogP contribution in [-0.2, 0) is 14.3 Å². The molecule has 100 valence electrons. The van der Waals surface area contributed by atoms with Crippen molar-refractivity contribution in [3.63, 3.8) is 0 Å². The first-order valence-electron chi connectivity index (χ1n) is 5.57. The molecule has 0 heterocycles. The highest BCUT2D eigenvalue weighted by Crippen LogP contribution is 2.08. The first kappa shape index (κ1) is 15.7. The van der Waals surface area contributed by atoms with Gasteiger partial charge in [-0.15, -0.1) is 0 Å². The van der Waals surface area contributed by atoms with E-state index in [1.165, 1.54) is 7.05 Å². The highest BCUT2D eigenvalue weighted by atomic mass is 16.6. The van der Waals surface area contributed by atoms with Gasteiger partial charge in [0, 0.05) is 7.05 Å². The fourth-order valence-electron chi connectivity index (χ4n) is 0.994. The molecule has 0 radical (unpaired) electrons. The number of nitrogens with one attached hydrogen (secondary N) is 1. The first-order chi connectivity index (χ1) is 7.67. The quantitative estimate of drug-likeness (QED) is 0.598. The van der Waals surface area contributed by atoms with Crippen LogP contribution in [0.2, 0.25) is 0 Å². The molecule has 0 aliphatic carbocycles. The Balaban J connectivity index is 4.20. The molecule has 1 amide bonds. The molecule has 6 heteroatoms. The second-order valence-electron chi connectivity index (χ2n) is 4.64. The number of carbonyl (C=O) groups is 2. The Bertz CT molecular complexity index is 273. The highest BCUT2D eigenvalue weighted by Gasteiger charge is 2.22. The van der Waals surface area contributed by atoms with Crippen molar-refractivity contribution < 1.29 is 19.1 Å². The maximum absolute atomic E-state index is 11.6. The van der Waals surface area contributed by atoms with Crippen molar-refractivity contribution >= 4 is 12.1 Å². The summed E-state index contributed by atoms with van der Waals surface area (Å²) in [6, 6.07) is -0.604. The number of hydrogen-bond acceptors (Lipinski definition) is 5. The minimum atomic E-state index is -0.604. The molecule has 0 aliphatic rings. The Morgan fingerprint density at radius 1 is 1.35 bits per heavy atom. The summed E-state index contributed by atoms with van der Waals surface area (Å²) in [5.74, 6) is -0.414. The maximum Gasteiger partial charge on any atom is 0.424 e. The number of carbonyl (C=O) groups excluding carboxylic acids is 2. The smallest absolute Gasteiger partial charge is 0.424 e. The van der Waals surface area contributed by atoms with Gasteiger partial charge in [-0.1, -0.05) is 0 Å². The second-order valence-corrected chi connectivity index (χ2v) is 4.64. The average Bonchev–Trinajstić information content (AvgIpc) is 2.15.